The van der Waals surface area contributed by atoms with Crippen LogP contribution in [0.1, 0.15) is 36.2 Å². The number of hydrogen-bond donors (Lipinski definition) is 1. The van der Waals surface area contributed by atoms with Crippen molar-refractivity contribution in [2.75, 3.05) is 11.9 Å². The fourth-order valence-electron chi connectivity index (χ4n) is 2.30. The number of aryl methyl sites for hydroxylation is 1. The smallest absolute Gasteiger partial charge is 0.310 e. The van der Waals surface area contributed by atoms with Crippen molar-refractivity contribution in [3.8, 4) is 5.75 Å². The summed E-state index contributed by atoms with van der Waals surface area (Å²) >= 11 is 0. The molecular weight excluding hydrogens is 346 g/mol. The van der Waals surface area contributed by atoms with E-state index in [9.17, 15) is 14.4 Å². The van der Waals surface area contributed by atoms with Gasteiger partial charge >= 0.3 is 5.97 Å². The predicted octanol–water partition coefficient (Wildman–Crippen LogP) is 3.54. The van der Waals surface area contributed by atoms with Gasteiger partial charge in [-0.3, -0.25) is 14.4 Å². The standard InChI is InChI=1S/C21H23NO5/c1-14-6-4-5-7-19(14)26-13-12-20(24)27-16(3)21(25)22-18-10-8-17(9-11-18)15(2)23/h4-11,16H,12-13H2,1-3H3,(H,22,25)/t16-/m1/s1. The number of benzene rings is 2. The van der Waals surface area contributed by atoms with E-state index in [1.54, 1.807) is 24.3 Å². The first-order chi connectivity index (χ1) is 12.9. The maximum absolute atomic E-state index is 12.1. The highest BCUT2D eigenvalue weighted by molar-refractivity contribution is 5.97. The van der Waals surface area contributed by atoms with Crippen LogP contribution in [0.15, 0.2) is 48.5 Å². The third-order valence-corrected chi connectivity index (χ3v) is 3.89. The van der Waals surface area contributed by atoms with E-state index in [0.29, 0.717) is 17.0 Å². The van der Waals surface area contributed by atoms with Crippen molar-refractivity contribution in [2.24, 2.45) is 0 Å². The van der Waals surface area contributed by atoms with E-state index in [2.05, 4.69) is 5.32 Å². The molecule has 0 spiro atoms. The van der Waals surface area contributed by atoms with Gasteiger partial charge in [-0.1, -0.05) is 18.2 Å². The average molecular weight is 369 g/mol. The van der Waals surface area contributed by atoms with Crippen molar-refractivity contribution >= 4 is 23.3 Å². The molecule has 0 aliphatic rings. The number of carbonyl (C=O) groups excluding carboxylic acids is 3. The lowest BCUT2D eigenvalue weighted by Crippen LogP contribution is -2.30. The number of carbonyl (C=O) groups is 3. The van der Waals surface area contributed by atoms with Crippen LogP contribution < -0.4 is 10.1 Å². The first-order valence-corrected chi connectivity index (χ1v) is 8.66. The Hall–Kier alpha value is -3.15. The van der Waals surface area contributed by atoms with Gasteiger partial charge in [0.15, 0.2) is 11.9 Å². The minimum atomic E-state index is -0.941. The molecule has 6 nitrogen and oxygen atoms in total. The first kappa shape index (κ1) is 20.2. The summed E-state index contributed by atoms with van der Waals surface area (Å²) in [4.78, 5) is 35.3. The van der Waals surface area contributed by atoms with Crippen LogP contribution in [0.2, 0.25) is 0 Å². The van der Waals surface area contributed by atoms with Crippen LogP contribution in [0.5, 0.6) is 5.75 Å². The van der Waals surface area contributed by atoms with Crippen molar-refractivity contribution in [2.45, 2.75) is 33.3 Å². The molecule has 2 aromatic carbocycles. The number of esters is 1. The number of hydrogen-bond acceptors (Lipinski definition) is 5. The topological polar surface area (TPSA) is 81.7 Å². The molecule has 0 saturated carbocycles. The van der Waals surface area contributed by atoms with Crippen LogP contribution in [0.25, 0.3) is 0 Å². The molecule has 0 unspecified atom stereocenters. The molecule has 1 atom stereocenters. The molecule has 27 heavy (non-hydrogen) atoms. The summed E-state index contributed by atoms with van der Waals surface area (Å²) in [5.74, 6) is -0.301. The van der Waals surface area contributed by atoms with Crippen LogP contribution >= 0.6 is 0 Å². The summed E-state index contributed by atoms with van der Waals surface area (Å²) in [6.07, 6.45) is -0.900. The van der Waals surface area contributed by atoms with E-state index >= 15 is 0 Å². The van der Waals surface area contributed by atoms with Crippen LogP contribution in [0, 0.1) is 6.92 Å². The fourth-order valence-corrected chi connectivity index (χ4v) is 2.30. The molecule has 0 fully saturated rings. The zero-order valence-electron chi connectivity index (χ0n) is 15.7. The average Bonchev–Trinajstić information content (AvgIpc) is 2.63. The molecule has 0 bridgehead atoms. The second-order valence-corrected chi connectivity index (χ2v) is 6.12. The number of ketones is 1. The highest BCUT2D eigenvalue weighted by Gasteiger charge is 2.18. The van der Waals surface area contributed by atoms with Gasteiger partial charge in [-0.15, -0.1) is 0 Å². The van der Waals surface area contributed by atoms with Crippen molar-refractivity contribution < 1.29 is 23.9 Å². The van der Waals surface area contributed by atoms with Gasteiger partial charge in [-0.2, -0.15) is 0 Å². The highest BCUT2D eigenvalue weighted by atomic mass is 16.5. The van der Waals surface area contributed by atoms with Crippen LogP contribution in [-0.2, 0) is 14.3 Å². The summed E-state index contributed by atoms with van der Waals surface area (Å²) in [6, 6.07) is 14.0. The summed E-state index contributed by atoms with van der Waals surface area (Å²) < 4.78 is 10.7. The van der Waals surface area contributed by atoms with Crippen molar-refractivity contribution in [1.29, 1.82) is 0 Å². The second-order valence-electron chi connectivity index (χ2n) is 6.12. The Bertz CT molecular complexity index is 814. The third kappa shape index (κ3) is 6.26. The Morgan fingerprint density at radius 3 is 2.33 bits per heavy atom. The van der Waals surface area contributed by atoms with Crippen molar-refractivity contribution in [3.05, 3.63) is 59.7 Å². The number of ether oxygens (including phenoxy) is 2. The number of Topliss-reactive ketones (excluding diaryl/α,β-unsaturated/α-hetero) is 1. The highest BCUT2D eigenvalue weighted by Crippen LogP contribution is 2.16. The van der Waals surface area contributed by atoms with Gasteiger partial charge in [-0.05, 0) is 56.7 Å². The van der Waals surface area contributed by atoms with E-state index in [1.807, 2.05) is 31.2 Å². The zero-order valence-corrected chi connectivity index (χ0v) is 15.7. The minimum absolute atomic E-state index is 0.0409. The van der Waals surface area contributed by atoms with Gasteiger partial charge in [0.2, 0.25) is 0 Å². The lowest BCUT2D eigenvalue weighted by molar-refractivity contribution is -0.153. The van der Waals surface area contributed by atoms with E-state index in [4.69, 9.17) is 9.47 Å². The van der Waals surface area contributed by atoms with Gasteiger partial charge in [0.05, 0.1) is 13.0 Å². The molecule has 142 valence electrons. The minimum Gasteiger partial charge on any atom is -0.493 e. The van der Waals surface area contributed by atoms with E-state index < -0.39 is 18.0 Å². The Morgan fingerprint density at radius 2 is 1.70 bits per heavy atom. The number of amides is 1. The molecule has 1 amide bonds. The maximum Gasteiger partial charge on any atom is 0.310 e. The molecule has 0 aliphatic heterocycles. The molecule has 2 rings (SSSR count). The van der Waals surface area contributed by atoms with E-state index in [1.165, 1.54) is 13.8 Å². The molecule has 0 aromatic heterocycles. The number of anilines is 1. The Morgan fingerprint density at radius 1 is 1.04 bits per heavy atom. The van der Waals surface area contributed by atoms with E-state index in [0.717, 1.165) is 5.56 Å². The molecule has 0 heterocycles. The summed E-state index contributed by atoms with van der Waals surface area (Å²) in [7, 11) is 0. The summed E-state index contributed by atoms with van der Waals surface area (Å²) in [6.45, 7) is 5.06. The molecule has 1 N–H and O–H groups in total. The number of nitrogens with one attached hydrogen (secondary N) is 1. The molecule has 6 heteroatoms. The van der Waals surface area contributed by atoms with Crippen LogP contribution in [-0.4, -0.2) is 30.4 Å². The first-order valence-electron chi connectivity index (χ1n) is 8.66. The van der Waals surface area contributed by atoms with Crippen LogP contribution in [0.3, 0.4) is 0 Å². The van der Waals surface area contributed by atoms with Crippen molar-refractivity contribution in [3.63, 3.8) is 0 Å². The molecular formula is C21H23NO5. The normalized spacial score (nSPS) is 11.4. The fraction of sp³-hybridized carbons (Fsp3) is 0.286. The Labute approximate surface area is 158 Å². The van der Waals surface area contributed by atoms with Crippen LogP contribution in [0.4, 0.5) is 5.69 Å². The molecule has 0 saturated heterocycles. The molecule has 2 aromatic rings. The quantitative estimate of drug-likeness (QED) is 0.568. The van der Waals surface area contributed by atoms with Gasteiger partial charge in [0.25, 0.3) is 5.91 Å². The summed E-state index contributed by atoms with van der Waals surface area (Å²) in [5.41, 5.74) is 2.06. The SMILES string of the molecule is CC(=O)c1ccc(NC(=O)[C@@H](C)OC(=O)CCOc2ccccc2C)cc1. The van der Waals surface area contributed by atoms with Gasteiger partial charge in [0.1, 0.15) is 5.75 Å². The lowest BCUT2D eigenvalue weighted by atomic mass is 10.1. The Kier molecular flexibility index (Phi) is 7.11. The van der Waals surface area contributed by atoms with Gasteiger partial charge < -0.3 is 14.8 Å². The van der Waals surface area contributed by atoms with E-state index in [-0.39, 0.29) is 18.8 Å². The zero-order chi connectivity index (χ0) is 19.8. The predicted molar refractivity (Wildman–Crippen MR) is 102 cm³/mol. The Balaban J connectivity index is 1.77. The number of para-hydroxylation sites is 1. The number of rotatable bonds is 8. The molecule has 0 aliphatic carbocycles. The monoisotopic (exact) mass is 369 g/mol. The lowest BCUT2D eigenvalue weighted by Gasteiger charge is -2.14. The summed E-state index contributed by atoms with van der Waals surface area (Å²) in [5, 5.41) is 2.64. The maximum atomic E-state index is 12.1. The van der Waals surface area contributed by atoms with Gasteiger partial charge in [-0.25, -0.2) is 0 Å². The molecule has 0 radical (unpaired) electrons. The van der Waals surface area contributed by atoms with Crippen molar-refractivity contribution in [1.82, 2.24) is 0 Å². The largest absolute Gasteiger partial charge is 0.493 e. The second kappa shape index (κ2) is 9.52. The third-order valence-electron chi connectivity index (χ3n) is 3.89. The van der Waals surface area contributed by atoms with Gasteiger partial charge in [0, 0.05) is 11.3 Å².